The van der Waals surface area contributed by atoms with Gasteiger partial charge in [-0.25, -0.2) is 4.98 Å². The second kappa shape index (κ2) is 6.76. The van der Waals surface area contributed by atoms with Crippen LogP contribution in [-0.4, -0.2) is 34.7 Å². The van der Waals surface area contributed by atoms with E-state index in [-0.39, 0.29) is 18.5 Å². The van der Waals surface area contributed by atoms with Gasteiger partial charge in [0.2, 0.25) is 0 Å². The van der Waals surface area contributed by atoms with Crippen molar-refractivity contribution in [2.24, 2.45) is 0 Å². The van der Waals surface area contributed by atoms with Crippen LogP contribution in [0.5, 0.6) is 0 Å². The number of nitrogens with two attached hydrogens (primary N) is 1. The van der Waals surface area contributed by atoms with Crippen LogP contribution in [0, 0.1) is 0 Å². The van der Waals surface area contributed by atoms with Crippen LogP contribution in [0.2, 0.25) is 0 Å². The Kier molecular flexibility index (Phi) is 4.55. The highest BCUT2D eigenvalue weighted by molar-refractivity contribution is 5.94. The molecule has 1 aromatic heterocycles. The Bertz CT molecular complexity index is 687. The fraction of sp³-hybridized carbons (Fsp3) is 0.294. The molecule has 0 saturated carbocycles. The van der Waals surface area contributed by atoms with Crippen molar-refractivity contribution in [3.05, 3.63) is 59.3 Å². The van der Waals surface area contributed by atoms with E-state index in [9.17, 15) is 9.90 Å². The molecule has 3 rings (SSSR count). The van der Waals surface area contributed by atoms with Crippen molar-refractivity contribution in [3.63, 3.8) is 0 Å². The number of hydrogen-bond acceptors (Lipinski definition) is 5. The van der Waals surface area contributed by atoms with Crippen LogP contribution >= 0.6 is 0 Å². The number of amides is 1. The largest absolute Gasteiger partial charge is 0.390 e. The lowest BCUT2D eigenvalue weighted by Crippen LogP contribution is -2.49. The topological polar surface area (TPSA) is 100 Å². The number of aromatic nitrogens is 1. The van der Waals surface area contributed by atoms with Gasteiger partial charge >= 0.3 is 0 Å². The van der Waals surface area contributed by atoms with Crippen LogP contribution in [0.1, 0.15) is 21.5 Å². The summed E-state index contributed by atoms with van der Waals surface area (Å²) in [6.07, 6.45) is 1.51. The number of carbonyl (C=O) groups is 1. The molecule has 6 nitrogen and oxygen atoms in total. The number of pyridine rings is 1. The fourth-order valence-corrected chi connectivity index (χ4v) is 2.73. The Morgan fingerprint density at radius 1 is 1.35 bits per heavy atom. The summed E-state index contributed by atoms with van der Waals surface area (Å²) in [5.74, 6) is 0.0967. The van der Waals surface area contributed by atoms with Crippen LogP contribution in [0.25, 0.3) is 0 Å². The number of nitrogen functional groups attached to an aromatic ring is 1. The van der Waals surface area contributed by atoms with Crippen molar-refractivity contribution in [3.8, 4) is 0 Å². The van der Waals surface area contributed by atoms with Crippen LogP contribution in [0.15, 0.2) is 42.6 Å². The molecule has 2 heterocycles. The standard InChI is InChI=1S/C17H20N4O2/c18-16-6-5-13(9-20-16)17(23)21-10-15(22)14-7-11-3-1-2-4-12(11)8-19-14/h1-6,9,14-15,19,22H,7-8,10H2,(H2,18,20)(H,21,23)/t14-,15?/m0/s1. The summed E-state index contributed by atoms with van der Waals surface area (Å²) in [5, 5.41) is 16.4. The lowest BCUT2D eigenvalue weighted by atomic mass is 9.93. The Hall–Kier alpha value is -2.44. The molecular weight excluding hydrogens is 292 g/mol. The molecule has 23 heavy (non-hydrogen) atoms. The summed E-state index contributed by atoms with van der Waals surface area (Å²) >= 11 is 0. The quantitative estimate of drug-likeness (QED) is 0.657. The van der Waals surface area contributed by atoms with Crippen molar-refractivity contribution >= 4 is 11.7 Å². The summed E-state index contributed by atoms with van der Waals surface area (Å²) < 4.78 is 0. The van der Waals surface area contributed by atoms with Gasteiger partial charge in [-0.3, -0.25) is 4.79 Å². The first-order valence-corrected chi connectivity index (χ1v) is 7.61. The highest BCUT2D eigenvalue weighted by atomic mass is 16.3. The van der Waals surface area contributed by atoms with Gasteiger partial charge in [0, 0.05) is 25.3 Å². The first-order valence-electron chi connectivity index (χ1n) is 7.61. The normalized spacial score (nSPS) is 18.0. The van der Waals surface area contributed by atoms with Crippen LogP contribution < -0.4 is 16.4 Å². The van der Waals surface area contributed by atoms with Crippen LogP contribution in [-0.2, 0) is 13.0 Å². The molecule has 1 aromatic carbocycles. The van der Waals surface area contributed by atoms with E-state index in [4.69, 9.17) is 5.73 Å². The molecule has 120 valence electrons. The summed E-state index contributed by atoms with van der Waals surface area (Å²) in [6, 6.07) is 11.3. The minimum atomic E-state index is -0.658. The van der Waals surface area contributed by atoms with Crippen molar-refractivity contribution in [2.75, 3.05) is 12.3 Å². The molecule has 0 bridgehead atoms. The maximum atomic E-state index is 12.0. The molecule has 2 atom stereocenters. The highest BCUT2D eigenvalue weighted by Crippen LogP contribution is 2.17. The molecule has 0 radical (unpaired) electrons. The number of rotatable bonds is 4. The minimum absolute atomic E-state index is 0.0743. The molecule has 5 N–H and O–H groups in total. The predicted octanol–water partition coefficient (Wildman–Crippen LogP) is 0.469. The minimum Gasteiger partial charge on any atom is -0.390 e. The Morgan fingerprint density at radius 2 is 2.13 bits per heavy atom. The van der Waals surface area contributed by atoms with Gasteiger partial charge in [-0.05, 0) is 29.7 Å². The Morgan fingerprint density at radius 3 is 2.87 bits per heavy atom. The fourth-order valence-electron chi connectivity index (χ4n) is 2.73. The van der Waals surface area contributed by atoms with Gasteiger partial charge in [0.05, 0.1) is 11.7 Å². The molecule has 0 fully saturated rings. The molecule has 0 spiro atoms. The second-order valence-corrected chi connectivity index (χ2v) is 5.71. The van der Waals surface area contributed by atoms with Gasteiger partial charge in [0.15, 0.2) is 0 Å². The van der Waals surface area contributed by atoms with E-state index < -0.39 is 6.10 Å². The van der Waals surface area contributed by atoms with E-state index in [1.54, 1.807) is 12.1 Å². The van der Waals surface area contributed by atoms with E-state index in [1.165, 1.54) is 17.3 Å². The monoisotopic (exact) mass is 312 g/mol. The molecule has 1 aliphatic heterocycles. The van der Waals surface area contributed by atoms with Crippen molar-refractivity contribution in [2.45, 2.75) is 25.1 Å². The molecule has 0 saturated heterocycles. The first kappa shape index (κ1) is 15.5. The number of fused-ring (bicyclic) bond motifs is 1. The average Bonchev–Trinajstić information content (AvgIpc) is 2.59. The lowest BCUT2D eigenvalue weighted by Gasteiger charge is -2.30. The summed E-state index contributed by atoms with van der Waals surface area (Å²) in [4.78, 5) is 15.9. The van der Waals surface area contributed by atoms with Crippen LogP contribution in [0.3, 0.4) is 0 Å². The van der Waals surface area contributed by atoms with E-state index >= 15 is 0 Å². The molecule has 6 heteroatoms. The van der Waals surface area contributed by atoms with Gasteiger partial charge < -0.3 is 21.5 Å². The number of aliphatic hydroxyl groups is 1. The smallest absolute Gasteiger partial charge is 0.252 e. The van der Waals surface area contributed by atoms with Gasteiger partial charge in [0.25, 0.3) is 5.91 Å². The summed E-state index contributed by atoms with van der Waals surface area (Å²) in [5.41, 5.74) is 8.42. The Labute approximate surface area is 134 Å². The van der Waals surface area contributed by atoms with Gasteiger partial charge in [-0.1, -0.05) is 24.3 Å². The second-order valence-electron chi connectivity index (χ2n) is 5.71. The average molecular weight is 312 g/mol. The third-order valence-electron chi connectivity index (χ3n) is 4.10. The van der Waals surface area contributed by atoms with Gasteiger partial charge in [0.1, 0.15) is 5.82 Å². The molecule has 2 aromatic rings. The summed E-state index contributed by atoms with van der Waals surface area (Å²) in [6.45, 7) is 0.913. The first-order chi connectivity index (χ1) is 11.1. The zero-order valence-electron chi connectivity index (χ0n) is 12.7. The number of carbonyl (C=O) groups excluding carboxylic acids is 1. The molecule has 1 aliphatic rings. The molecule has 1 unspecified atom stereocenters. The zero-order chi connectivity index (χ0) is 16.2. The van der Waals surface area contributed by atoms with Gasteiger partial charge in [-0.2, -0.15) is 0 Å². The van der Waals surface area contributed by atoms with Gasteiger partial charge in [-0.15, -0.1) is 0 Å². The number of anilines is 1. The SMILES string of the molecule is Nc1ccc(C(=O)NCC(O)[C@@H]2Cc3ccccc3CN2)cn1. The Balaban J connectivity index is 1.55. The predicted molar refractivity (Wildman–Crippen MR) is 87.8 cm³/mol. The van der Waals surface area contributed by atoms with Crippen molar-refractivity contribution in [1.82, 2.24) is 15.6 Å². The van der Waals surface area contributed by atoms with E-state index in [0.29, 0.717) is 11.4 Å². The number of nitrogens with one attached hydrogen (secondary N) is 2. The molecule has 1 amide bonds. The number of hydrogen-bond donors (Lipinski definition) is 4. The van der Waals surface area contributed by atoms with Crippen LogP contribution in [0.4, 0.5) is 5.82 Å². The van der Waals surface area contributed by atoms with E-state index in [0.717, 1.165) is 13.0 Å². The lowest BCUT2D eigenvalue weighted by molar-refractivity contribution is 0.0869. The molecule has 0 aliphatic carbocycles. The van der Waals surface area contributed by atoms with E-state index in [1.807, 2.05) is 12.1 Å². The maximum absolute atomic E-state index is 12.0. The highest BCUT2D eigenvalue weighted by Gasteiger charge is 2.24. The third kappa shape index (κ3) is 3.67. The number of nitrogens with zero attached hydrogens (tertiary/aromatic N) is 1. The van der Waals surface area contributed by atoms with E-state index in [2.05, 4.69) is 27.8 Å². The number of benzene rings is 1. The third-order valence-corrected chi connectivity index (χ3v) is 4.10. The maximum Gasteiger partial charge on any atom is 0.252 e. The molecular formula is C17H20N4O2. The van der Waals surface area contributed by atoms with Crippen molar-refractivity contribution < 1.29 is 9.90 Å². The summed E-state index contributed by atoms with van der Waals surface area (Å²) in [7, 11) is 0. The zero-order valence-corrected chi connectivity index (χ0v) is 12.7. The van der Waals surface area contributed by atoms with Crippen molar-refractivity contribution in [1.29, 1.82) is 0 Å². The number of aliphatic hydroxyl groups excluding tert-OH is 1.